The topological polar surface area (TPSA) is 118 Å². The lowest BCUT2D eigenvalue weighted by Crippen LogP contribution is -2.42. The number of carboxylic acids is 1. The molecular weight excluding hydrogens is 334 g/mol. The fraction of sp³-hybridized carbons (Fsp3) is 0.267. The van der Waals surface area contributed by atoms with Gasteiger partial charge in [0.1, 0.15) is 17.6 Å². The van der Waals surface area contributed by atoms with Crippen molar-refractivity contribution < 1.29 is 23.1 Å². The van der Waals surface area contributed by atoms with Crippen molar-refractivity contribution >= 4 is 16.0 Å². The van der Waals surface area contributed by atoms with Crippen LogP contribution >= 0.6 is 0 Å². The van der Waals surface area contributed by atoms with Crippen molar-refractivity contribution in [3.63, 3.8) is 0 Å². The summed E-state index contributed by atoms with van der Waals surface area (Å²) in [5, 5.41) is 9.29. The summed E-state index contributed by atoms with van der Waals surface area (Å²) in [5.74, 6) is -0.551. The van der Waals surface area contributed by atoms with E-state index in [1.165, 1.54) is 24.5 Å². The fourth-order valence-electron chi connectivity index (χ4n) is 2.37. The Labute approximate surface area is 138 Å². The van der Waals surface area contributed by atoms with E-state index >= 15 is 0 Å². The van der Waals surface area contributed by atoms with Crippen molar-refractivity contribution in [1.82, 2.24) is 14.7 Å². The minimum absolute atomic E-state index is 0.0385. The number of hydrogen-bond donors (Lipinski definition) is 2. The van der Waals surface area contributed by atoms with E-state index in [0.29, 0.717) is 12.4 Å². The molecule has 2 N–H and O–H groups in total. The monoisotopic (exact) mass is 349 g/mol. The summed E-state index contributed by atoms with van der Waals surface area (Å²) >= 11 is 0. The minimum atomic E-state index is -4.01. The Morgan fingerprint density at radius 1 is 1.33 bits per heavy atom. The van der Waals surface area contributed by atoms with E-state index in [0.717, 1.165) is 12.0 Å². The van der Waals surface area contributed by atoms with Crippen molar-refractivity contribution in [3.8, 4) is 5.75 Å². The third-order valence-electron chi connectivity index (χ3n) is 3.58. The predicted molar refractivity (Wildman–Crippen MR) is 83.1 cm³/mol. The average Bonchev–Trinajstić information content (AvgIpc) is 3.02. The molecule has 9 heteroatoms. The van der Waals surface area contributed by atoms with E-state index < -0.39 is 22.0 Å². The molecule has 1 aromatic carbocycles. The largest absolute Gasteiger partial charge is 0.493 e. The Morgan fingerprint density at radius 3 is 2.79 bits per heavy atom. The molecule has 1 aliphatic rings. The van der Waals surface area contributed by atoms with E-state index in [9.17, 15) is 18.3 Å². The molecule has 1 aliphatic heterocycles. The first kappa shape index (κ1) is 16.3. The van der Waals surface area contributed by atoms with Gasteiger partial charge in [0, 0.05) is 31.3 Å². The summed E-state index contributed by atoms with van der Waals surface area (Å²) in [6.45, 7) is 0.509. The van der Waals surface area contributed by atoms with Crippen LogP contribution < -0.4 is 9.46 Å². The molecule has 3 rings (SSSR count). The number of rotatable bonds is 6. The SMILES string of the molecule is O=C(O)C(Cc1ncccn1)NS(=O)(=O)c1ccc2c(c1)OCC2. The molecule has 1 aromatic heterocycles. The molecule has 0 aliphatic carbocycles. The fourth-order valence-corrected chi connectivity index (χ4v) is 3.57. The van der Waals surface area contributed by atoms with Crippen LogP contribution in [0.2, 0.25) is 0 Å². The third-order valence-corrected chi connectivity index (χ3v) is 5.05. The van der Waals surface area contributed by atoms with Crippen molar-refractivity contribution in [2.24, 2.45) is 0 Å². The minimum Gasteiger partial charge on any atom is -0.493 e. The van der Waals surface area contributed by atoms with Crippen LogP contribution in [0.4, 0.5) is 0 Å². The summed E-state index contributed by atoms with van der Waals surface area (Å²) in [6.07, 6.45) is 3.50. The van der Waals surface area contributed by atoms with E-state index in [1.54, 1.807) is 12.1 Å². The standard InChI is InChI=1S/C15H15N3O5S/c19-15(20)12(9-14-16-5-1-6-17-14)18-24(21,22)11-3-2-10-4-7-23-13(10)8-11/h1-3,5-6,8,12,18H,4,7,9H2,(H,19,20). The number of carboxylic acid groups (broad SMARTS) is 1. The van der Waals surface area contributed by atoms with Crippen molar-refractivity contribution in [3.05, 3.63) is 48.0 Å². The molecule has 0 fully saturated rings. The molecule has 2 heterocycles. The Kier molecular flexibility index (Phi) is 4.45. The van der Waals surface area contributed by atoms with Gasteiger partial charge in [0.15, 0.2) is 0 Å². The van der Waals surface area contributed by atoms with Gasteiger partial charge in [-0.25, -0.2) is 18.4 Å². The molecule has 0 radical (unpaired) electrons. The highest BCUT2D eigenvalue weighted by Gasteiger charge is 2.27. The molecule has 2 aromatic rings. The van der Waals surface area contributed by atoms with Crippen molar-refractivity contribution in [2.75, 3.05) is 6.61 Å². The summed E-state index contributed by atoms with van der Waals surface area (Å²) in [5.41, 5.74) is 0.932. The molecule has 0 spiro atoms. The van der Waals surface area contributed by atoms with Crippen LogP contribution in [0.15, 0.2) is 41.6 Å². The van der Waals surface area contributed by atoms with Crippen molar-refractivity contribution in [1.29, 1.82) is 0 Å². The molecular formula is C15H15N3O5S. The first-order chi connectivity index (χ1) is 11.5. The number of carbonyl (C=O) groups is 1. The zero-order valence-corrected chi connectivity index (χ0v) is 13.4. The molecule has 0 amide bonds. The number of fused-ring (bicyclic) bond motifs is 1. The van der Waals surface area contributed by atoms with Gasteiger partial charge in [-0.05, 0) is 17.7 Å². The maximum Gasteiger partial charge on any atom is 0.322 e. The number of hydrogen-bond acceptors (Lipinski definition) is 6. The Morgan fingerprint density at radius 2 is 2.08 bits per heavy atom. The first-order valence-corrected chi connectivity index (χ1v) is 8.71. The zero-order chi connectivity index (χ0) is 17.2. The molecule has 0 bridgehead atoms. The highest BCUT2D eigenvalue weighted by molar-refractivity contribution is 7.89. The maximum atomic E-state index is 12.5. The van der Waals surface area contributed by atoms with Gasteiger partial charge in [0.25, 0.3) is 0 Å². The van der Waals surface area contributed by atoms with Crippen LogP contribution in [0.3, 0.4) is 0 Å². The number of nitrogens with one attached hydrogen (secondary N) is 1. The van der Waals surface area contributed by atoms with Gasteiger partial charge < -0.3 is 9.84 Å². The normalized spacial score (nSPS) is 14.7. The third kappa shape index (κ3) is 3.52. The van der Waals surface area contributed by atoms with Gasteiger partial charge in [-0.15, -0.1) is 0 Å². The number of sulfonamides is 1. The quantitative estimate of drug-likeness (QED) is 0.774. The summed E-state index contributed by atoms with van der Waals surface area (Å²) in [6, 6.07) is 4.74. The predicted octanol–water partition coefficient (Wildman–Crippen LogP) is 0.386. The van der Waals surface area contributed by atoms with Gasteiger partial charge in [-0.1, -0.05) is 6.07 Å². The van der Waals surface area contributed by atoms with Gasteiger partial charge in [-0.3, -0.25) is 4.79 Å². The molecule has 1 unspecified atom stereocenters. The van der Waals surface area contributed by atoms with Crippen LogP contribution in [-0.4, -0.2) is 42.1 Å². The van der Waals surface area contributed by atoms with E-state index in [1.807, 2.05) is 0 Å². The number of ether oxygens (including phenoxy) is 1. The average molecular weight is 349 g/mol. The first-order valence-electron chi connectivity index (χ1n) is 7.22. The molecule has 24 heavy (non-hydrogen) atoms. The second kappa shape index (κ2) is 6.54. The Hall–Kier alpha value is -2.52. The molecule has 8 nitrogen and oxygen atoms in total. The van der Waals surface area contributed by atoms with Gasteiger partial charge in [0.05, 0.1) is 11.5 Å². The molecule has 126 valence electrons. The smallest absolute Gasteiger partial charge is 0.322 e. The van der Waals surface area contributed by atoms with Crippen LogP contribution in [0.1, 0.15) is 11.4 Å². The van der Waals surface area contributed by atoms with Crippen LogP contribution in [0, 0.1) is 0 Å². The van der Waals surface area contributed by atoms with Gasteiger partial charge >= 0.3 is 5.97 Å². The maximum absolute atomic E-state index is 12.5. The van der Waals surface area contributed by atoms with E-state index in [-0.39, 0.29) is 17.1 Å². The lowest BCUT2D eigenvalue weighted by atomic mass is 10.2. The van der Waals surface area contributed by atoms with Crippen LogP contribution in [0.25, 0.3) is 0 Å². The summed E-state index contributed by atoms with van der Waals surface area (Å²) < 4.78 is 32.5. The second-order valence-electron chi connectivity index (χ2n) is 5.25. The van der Waals surface area contributed by atoms with Gasteiger partial charge in [0.2, 0.25) is 10.0 Å². The summed E-state index contributed by atoms with van der Waals surface area (Å²) in [7, 11) is -4.01. The Bertz CT molecular complexity index is 855. The lowest BCUT2D eigenvalue weighted by molar-refractivity contribution is -0.138. The molecule has 0 saturated heterocycles. The number of aliphatic carboxylic acids is 1. The van der Waals surface area contributed by atoms with E-state index in [4.69, 9.17) is 4.74 Å². The summed E-state index contributed by atoms with van der Waals surface area (Å²) in [4.78, 5) is 19.2. The Balaban J connectivity index is 1.82. The highest BCUT2D eigenvalue weighted by Crippen LogP contribution is 2.28. The number of aromatic nitrogens is 2. The number of nitrogens with zero attached hydrogens (tertiary/aromatic N) is 2. The molecule has 1 atom stereocenters. The van der Waals surface area contributed by atoms with Crippen molar-refractivity contribution in [2.45, 2.75) is 23.8 Å². The zero-order valence-electron chi connectivity index (χ0n) is 12.5. The van der Waals surface area contributed by atoms with Crippen LogP contribution in [-0.2, 0) is 27.7 Å². The highest BCUT2D eigenvalue weighted by atomic mass is 32.2. The number of benzene rings is 1. The van der Waals surface area contributed by atoms with Gasteiger partial charge in [-0.2, -0.15) is 4.72 Å². The second-order valence-corrected chi connectivity index (χ2v) is 6.96. The lowest BCUT2D eigenvalue weighted by Gasteiger charge is -2.14. The van der Waals surface area contributed by atoms with Crippen LogP contribution in [0.5, 0.6) is 5.75 Å². The molecule has 0 saturated carbocycles. The van der Waals surface area contributed by atoms with E-state index in [2.05, 4.69) is 14.7 Å².